The highest BCUT2D eigenvalue weighted by molar-refractivity contribution is 7.92. The molecule has 1 rings (SSSR count). The number of benzene rings is 1. The van der Waals surface area contributed by atoms with E-state index in [-0.39, 0.29) is 5.91 Å². The summed E-state index contributed by atoms with van der Waals surface area (Å²) in [5, 5.41) is 2.75. The second-order valence-electron chi connectivity index (χ2n) is 5.50. The molecule has 8 heteroatoms. The molecular formula is C17H28N2O5S. The molecule has 0 aliphatic heterocycles. The number of carbonyl (C=O) groups excluding carboxylic acids is 1. The molecular weight excluding hydrogens is 344 g/mol. The van der Waals surface area contributed by atoms with E-state index in [1.807, 2.05) is 13.8 Å². The maximum atomic E-state index is 12.3. The first-order valence-electron chi connectivity index (χ1n) is 8.39. The predicted octanol–water partition coefficient (Wildman–Crippen LogP) is 1.78. The third-order valence-electron chi connectivity index (χ3n) is 3.46. The SMILES string of the molecule is CCOCCCNC(=O)[C@@H](C)N(c1ccc(OCC)cc1)S(C)(=O)=O. The van der Waals surface area contributed by atoms with Crippen LogP contribution in [0, 0.1) is 0 Å². The van der Waals surface area contributed by atoms with E-state index in [2.05, 4.69) is 5.32 Å². The van der Waals surface area contributed by atoms with Crippen LogP contribution in [0.3, 0.4) is 0 Å². The van der Waals surface area contributed by atoms with E-state index in [4.69, 9.17) is 9.47 Å². The number of nitrogens with one attached hydrogen (secondary N) is 1. The second-order valence-corrected chi connectivity index (χ2v) is 7.36. The summed E-state index contributed by atoms with van der Waals surface area (Å²) in [6.45, 7) is 7.48. The van der Waals surface area contributed by atoms with Crippen LogP contribution in [0.5, 0.6) is 5.75 Å². The first-order chi connectivity index (χ1) is 11.8. The maximum absolute atomic E-state index is 12.3. The first kappa shape index (κ1) is 21.2. The summed E-state index contributed by atoms with van der Waals surface area (Å²) < 4.78 is 36.1. The summed E-state index contributed by atoms with van der Waals surface area (Å²) in [5.41, 5.74) is 0.419. The minimum atomic E-state index is -3.62. The van der Waals surface area contributed by atoms with E-state index in [0.717, 1.165) is 10.6 Å². The number of sulfonamides is 1. The van der Waals surface area contributed by atoms with Gasteiger partial charge in [-0.3, -0.25) is 9.10 Å². The van der Waals surface area contributed by atoms with Crippen molar-refractivity contribution in [1.29, 1.82) is 0 Å². The molecule has 0 radical (unpaired) electrons. The van der Waals surface area contributed by atoms with Gasteiger partial charge in [-0.1, -0.05) is 0 Å². The highest BCUT2D eigenvalue weighted by Crippen LogP contribution is 2.24. The van der Waals surface area contributed by atoms with Gasteiger partial charge < -0.3 is 14.8 Å². The van der Waals surface area contributed by atoms with Gasteiger partial charge >= 0.3 is 0 Å². The molecule has 1 N–H and O–H groups in total. The summed E-state index contributed by atoms with van der Waals surface area (Å²) in [6.07, 6.45) is 1.76. The van der Waals surface area contributed by atoms with Crippen molar-refractivity contribution in [2.45, 2.75) is 33.2 Å². The number of amides is 1. The van der Waals surface area contributed by atoms with E-state index in [1.54, 1.807) is 31.2 Å². The van der Waals surface area contributed by atoms with E-state index in [9.17, 15) is 13.2 Å². The standard InChI is InChI=1S/C17H28N2O5S/c1-5-23-13-7-12-18-17(20)14(3)19(25(4,21)22)15-8-10-16(11-9-15)24-6-2/h8-11,14H,5-7,12-13H2,1-4H3,(H,18,20)/t14-/m1/s1. The minimum Gasteiger partial charge on any atom is -0.494 e. The highest BCUT2D eigenvalue weighted by Gasteiger charge is 2.28. The number of hydrogen-bond donors (Lipinski definition) is 1. The van der Waals surface area contributed by atoms with E-state index in [0.29, 0.717) is 44.2 Å². The van der Waals surface area contributed by atoms with Crippen molar-refractivity contribution in [2.24, 2.45) is 0 Å². The number of rotatable bonds is 11. The van der Waals surface area contributed by atoms with Crippen LogP contribution in [0.2, 0.25) is 0 Å². The summed E-state index contributed by atoms with van der Waals surface area (Å²) >= 11 is 0. The van der Waals surface area contributed by atoms with Gasteiger partial charge in [0.15, 0.2) is 0 Å². The molecule has 0 unspecified atom stereocenters. The number of anilines is 1. The molecule has 0 fully saturated rings. The fourth-order valence-electron chi connectivity index (χ4n) is 2.34. The average molecular weight is 372 g/mol. The van der Waals surface area contributed by atoms with Gasteiger partial charge in [0.05, 0.1) is 18.6 Å². The number of carbonyl (C=O) groups is 1. The zero-order valence-electron chi connectivity index (χ0n) is 15.3. The van der Waals surface area contributed by atoms with E-state index in [1.165, 1.54) is 0 Å². The lowest BCUT2D eigenvalue weighted by molar-refractivity contribution is -0.121. The first-order valence-corrected chi connectivity index (χ1v) is 10.2. The van der Waals surface area contributed by atoms with Gasteiger partial charge in [0.1, 0.15) is 11.8 Å². The Morgan fingerprint density at radius 2 is 1.84 bits per heavy atom. The fourth-order valence-corrected chi connectivity index (χ4v) is 3.52. The molecule has 1 amide bonds. The second kappa shape index (κ2) is 10.2. The Morgan fingerprint density at radius 1 is 1.20 bits per heavy atom. The van der Waals surface area contributed by atoms with Crippen LogP contribution in [-0.4, -0.2) is 53.0 Å². The smallest absolute Gasteiger partial charge is 0.243 e. The van der Waals surface area contributed by atoms with Crippen molar-refractivity contribution in [3.63, 3.8) is 0 Å². The van der Waals surface area contributed by atoms with Gasteiger partial charge in [0, 0.05) is 19.8 Å². The third-order valence-corrected chi connectivity index (χ3v) is 4.70. The van der Waals surface area contributed by atoms with Crippen molar-refractivity contribution in [2.75, 3.05) is 36.9 Å². The normalized spacial score (nSPS) is 12.5. The Morgan fingerprint density at radius 3 is 2.36 bits per heavy atom. The van der Waals surface area contributed by atoms with E-state index < -0.39 is 16.1 Å². The molecule has 1 atom stereocenters. The maximum Gasteiger partial charge on any atom is 0.243 e. The Hall–Kier alpha value is -1.80. The molecule has 0 bridgehead atoms. The van der Waals surface area contributed by atoms with Crippen LogP contribution < -0.4 is 14.4 Å². The Labute approximate surface area is 150 Å². The molecule has 1 aromatic rings. The third kappa shape index (κ3) is 6.91. The Balaban J connectivity index is 2.82. The molecule has 25 heavy (non-hydrogen) atoms. The van der Waals surface area contributed by atoms with Crippen molar-refractivity contribution in [3.8, 4) is 5.75 Å². The molecule has 0 heterocycles. The van der Waals surface area contributed by atoms with Crippen molar-refractivity contribution in [3.05, 3.63) is 24.3 Å². The highest BCUT2D eigenvalue weighted by atomic mass is 32.2. The number of ether oxygens (including phenoxy) is 2. The van der Waals surface area contributed by atoms with Gasteiger partial charge in [-0.15, -0.1) is 0 Å². The zero-order chi connectivity index (χ0) is 18.9. The largest absolute Gasteiger partial charge is 0.494 e. The molecule has 0 aromatic heterocycles. The predicted molar refractivity (Wildman–Crippen MR) is 98.5 cm³/mol. The van der Waals surface area contributed by atoms with E-state index >= 15 is 0 Å². The summed E-state index contributed by atoms with van der Waals surface area (Å²) in [7, 11) is -3.62. The minimum absolute atomic E-state index is 0.351. The fraction of sp³-hybridized carbons (Fsp3) is 0.588. The number of nitrogens with zero attached hydrogens (tertiary/aromatic N) is 1. The monoisotopic (exact) mass is 372 g/mol. The van der Waals surface area contributed by atoms with Gasteiger partial charge in [-0.25, -0.2) is 8.42 Å². The Kier molecular flexibility index (Phi) is 8.71. The molecule has 0 aliphatic rings. The summed E-state index contributed by atoms with van der Waals surface area (Å²) in [5.74, 6) is 0.295. The number of hydrogen-bond acceptors (Lipinski definition) is 5. The van der Waals surface area contributed by atoms with Gasteiger partial charge in [-0.05, 0) is 51.5 Å². The van der Waals surface area contributed by atoms with Gasteiger partial charge in [0.25, 0.3) is 0 Å². The Bertz CT molecular complexity index is 631. The molecule has 0 saturated heterocycles. The topological polar surface area (TPSA) is 84.9 Å². The van der Waals surface area contributed by atoms with Crippen LogP contribution >= 0.6 is 0 Å². The van der Waals surface area contributed by atoms with Gasteiger partial charge in [-0.2, -0.15) is 0 Å². The molecule has 0 spiro atoms. The molecule has 1 aromatic carbocycles. The summed E-state index contributed by atoms with van der Waals surface area (Å²) in [4.78, 5) is 12.3. The quantitative estimate of drug-likeness (QED) is 0.599. The van der Waals surface area contributed by atoms with Crippen LogP contribution in [0.25, 0.3) is 0 Å². The lowest BCUT2D eigenvalue weighted by Crippen LogP contribution is -2.48. The van der Waals surface area contributed by atoms with Crippen LogP contribution in [-0.2, 0) is 19.6 Å². The summed E-state index contributed by atoms with van der Waals surface area (Å²) in [6, 6.07) is 5.77. The zero-order valence-corrected chi connectivity index (χ0v) is 16.1. The van der Waals surface area contributed by atoms with Crippen LogP contribution in [0.4, 0.5) is 5.69 Å². The molecule has 7 nitrogen and oxygen atoms in total. The average Bonchev–Trinajstić information content (AvgIpc) is 2.55. The molecule has 0 aliphatic carbocycles. The van der Waals surface area contributed by atoms with Crippen molar-refractivity contribution < 1.29 is 22.7 Å². The lowest BCUT2D eigenvalue weighted by Gasteiger charge is -2.28. The molecule has 0 saturated carbocycles. The van der Waals surface area contributed by atoms with Crippen molar-refractivity contribution >= 4 is 21.6 Å². The van der Waals surface area contributed by atoms with Crippen molar-refractivity contribution in [1.82, 2.24) is 5.32 Å². The van der Waals surface area contributed by atoms with Gasteiger partial charge in [0.2, 0.25) is 15.9 Å². The lowest BCUT2D eigenvalue weighted by atomic mass is 10.2. The van der Waals surface area contributed by atoms with Crippen LogP contribution in [0.15, 0.2) is 24.3 Å². The van der Waals surface area contributed by atoms with Crippen LogP contribution in [0.1, 0.15) is 27.2 Å². The molecule has 142 valence electrons.